The summed E-state index contributed by atoms with van der Waals surface area (Å²) in [6.07, 6.45) is 0. The fraction of sp³-hybridized carbons (Fsp3) is 0.500. The molecule has 0 aliphatic carbocycles. The quantitative estimate of drug-likeness (QED) is 0.755. The Labute approximate surface area is 124 Å². The van der Waals surface area contributed by atoms with Gasteiger partial charge in [0.1, 0.15) is 11.5 Å². The van der Waals surface area contributed by atoms with Crippen LogP contribution in [0.15, 0.2) is 12.1 Å². The summed E-state index contributed by atoms with van der Waals surface area (Å²) in [5.41, 5.74) is 6.64. The molecule has 3 N–H and O–H groups in total. The molecule has 0 saturated carbocycles. The first-order valence-corrected chi connectivity index (χ1v) is 7.59. The van der Waals surface area contributed by atoms with E-state index in [1.54, 1.807) is 23.9 Å². The molecule has 0 heterocycles. The number of hydrogen-bond donors (Lipinski definition) is 2. The molecule has 112 valence electrons. The third-order valence-corrected chi connectivity index (χ3v) is 3.91. The van der Waals surface area contributed by atoms with Crippen molar-refractivity contribution < 1.29 is 14.3 Å². The molecule has 20 heavy (non-hydrogen) atoms. The molecular weight excluding hydrogens is 276 g/mol. The van der Waals surface area contributed by atoms with Crippen LogP contribution in [-0.4, -0.2) is 37.7 Å². The number of nitrogens with two attached hydrogens (primary N) is 1. The number of nitrogen functional groups attached to an aromatic ring is 1. The summed E-state index contributed by atoms with van der Waals surface area (Å²) < 4.78 is 10.3. The van der Waals surface area contributed by atoms with Crippen molar-refractivity contribution in [3.8, 4) is 11.5 Å². The summed E-state index contributed by atoms with van der Waals surface area (Å²) in [6, 6.07) is 3.35. The number of thioether (sulfide) groups is 1. The predicted octanol–water partition coefficient (Wildman–Crippen LogP) is 2.16. The minimum Gasteiger partial charge on any atom is -0.497 e. The molecule has 1 atom stereocenters. The summed E-state index contributed by atoms with van der Waals surface area (Å²) in [5.74, 6) is 2.64. The lowest BCUT2D eigenvalue weighted by atomic mass is 10.1. The number of amides is 1. The lowest BCUT2D eigenvalue weighted by molar-refractivity contribution is 0.0944. The van der Waals surface area contributed by atoms with Gasteiger partial charge in [-0.2, -0.15) is 11.8 Å². The van der Waals surface area contributed by atoms with Crippen LogP contribution >= 0.6 is 11.8 Å². The molecule has 0 fully saturated rings. The van der Waals surface area contributed by atoms with E-state index in [9.17, 15) is 4.79 Å². The van der Waals surface area contributed by atoms with Crippen LogP contribution in [0.2, 0.25) is 0 Å². The summed E-state index contributed by atoms with van der Waals surface area (Å²) in [6.45, 7) is 4.05. The first-order valence-electron chi connectivity index (χ1n) is 6.43. The van der Waals surface area contributed by atoms with Crippen LogP contribution in [0.1, 0.15) is 24.2 Å². The smallest absolute Gasteiger partial charge is 0.253 e. The average Bonchev–Trinajstić information content (AvgIpc) is 2.45. The Bertz CT molecular complexity index is 466. The fourth-order valence-corrected chi connectivity index (χ4v) is 2.39. The maximum atomic E-state index is 12.3. The normalized spacial score (nSPS) is 11.8. The van der Waals surface area contributed by atoms with Crippen LogP contribution < -0.4 is 20.5 Å². The Hall–Kier alpha value is -1.56. The number of methoxy groups -OCH3 is 2. The number of benzene rings is 1. The lowest BCUT2D eigenvalue weighted by Gasteiger charge is -2.16. The highest BCUT2D eigenvalue weighted by Gasteiger charge is 2.17. The molecule has 0 saturated heterocycles. The molecule has 0 aromatic heterocycles. The Morgan fingerprint density at radius 1 is 1.40 bits per heavy atom. The number of ether oxygens (including phenoxy) is 2. The molecule has 1 aromatic rings. The van der Waals surface area contributed by atoms with Gasteiger partial charge in [-0.3, -0.25) is 4.79 Å². The first-order chi connectivity index (χ1) is 9.53. The standard InChI is InChI=1S/C14H22N2O3S/c1-5-20-8-9(2)16-14(17)11-6-10(18-3)7-12(19-4)13(11)15/h6-7,9H,5,8,15H2,1-4H3,(H,16,17). The predicted molar refractivity (Wildman–Crippen MR) is 83.9 cm³/mol. The van der Waals surface area contributed by atoms with Crippen molar-refractivity contribution in [2.24, 2.45) is 0 Å². The van der Waals surface area contributed by atoms with Crippen molar-refractivity contribution in [3.05, 3.63) is 17.7 Å². The van der Waals surface area contributed by atoms with Gasteiger partial charge < -0.3 is 20.5 Å². The van der Waals surface area contributed by atoms with E-state index in [1.165, 1.54) is 14.2 Å². The van der Waals surface area contributed by atoms with E-state index in [-0.39, 0.29) is 11.9 Å². The van der Waals surface area contributed by atoms with Gasteiger partial charge in [-0.05, 0) is 18.7 Å². The highest BCUT2D eigenvalue weighted by atomic mass is 32.2. The Balaban J connectivity index is 2.91. The van der Waals surface area contributed by atoms with Crippen molar-refractivity contribution >= 4 is 23.4 Å². The molecule has 1 amide bonds. The Morgan fingerprint density at radius 3 is 2.65 bits per heavy atom. The molecule has 1 unspecified atom stereocenters. The maximum absolute atomic E-state index is 12.3. The SMILES string of the molecule is CCSCC(C)NC(=O)c1cc(OC)cc(OC)c1N. The lowest BCUT2D eigenvalue weighted by Crippen LogP contribution is -2.34. The molecule has 0 aliphatic heterocycles. The van der Waals surface area contributed by atoms with E-state index in [4.69, 9.17) is 15.2 Å². The molecule has 0 spiro atoms. The zero-order chi connectivity index (χ0) is 15.1. The van der Waals surface area contributed by atoms with Crippen LogP contribution in [0, 0.1) is 0 Å². The third-order valence-electron chi connectivity index (χ3n) is 2.77. The van der Waals surface area contributed by atoms with Crippen molar-refractivity contribution in [1.29, 1.82) is 0 Å². The molecule has 5 nitrogen and oxygen atoms in total. The van der Waals surface area contributed by atoms with E-state index < -0.39 is 0 Å². The highest BCUT2D eigenvalue weighted by molar-refractivity contribution is 7.99. The number of rotatable bonds is 7. The minimum absolute atomic E-state index is 0.0732. The van der Waals surface area contributed by atoms with E-state index in [0.717, 1.165) is 11.5 Å². The van der Waals surface area contributed by atoms with Crippen LogP contribution in [0.3, 0.4) is 0 Å². The number of anilines is 1. The van der Waals surface area contributed by atoms with Crippen molar-refractivity contribution in [2.75, 3.05) is 31.5 Å². The van der Waals surface area contributed by atoms with Crippen molar-refractivity contribution in [3.63, 3.8) is 0 Å². The molecule has 0 aliphatic rings. The van der Waals surface area contributed by atoms with Gasteiger partial charge in [-0.25, -0.2) is 0 Å². The largest absolute Gasteiger partial charge is 0.497 e. The third kappa shape index (κ3) is 4.23. The second kappa shape index (κ2) is 7.89. The number of hydrogen-bond acceptors (Lipinski definition) is 5. The second-order valence-corrected chi connectivity index (χ2v) is 5.64. The van der Waals surface area contributed by atoms with Gasteiger partial charge >= 0.3 is 0 Å². The van der Waals surface area contributed by atoms with Crippen LogP contribution in [-0.2, 0) is 0 Å². The zero-order valence-electron chi connectivity index (χ0n) is 12.4. The summed E-state index contributed by atoms with van der Waals surface area (Å²) in [4.78, 5) is 12.3. The van der Waals surface area contributed by atoms with Crippen molar-refractivity contribution in [2.45, 2.75) is 19.9 Å². The number of carbonyl (C=O) groups excluding carboxylic acids is 1. The number of nitrogens with one attached hydrogen (secondary N) is 1. The molecule has 1 aromatic carbocycles. The van der Waals surface area contributed by atoms with Crippen LogP contribution in [0.25, 0.3) is 0 Å². The van der Waals surface area contributed by atoms with Gasteiger partial charge in [0, 0.05) is 17.9 Å². The monoisotopic (exact) mass is 298 g/mol. The summed E-state index contributed by atoms with van der Waals surface area (Å²) in [5, 5.41) is 2.92. The fourth-order valence-electron chi connectivity index (χ4n) is 1.71. The maximum Gasteiger partial charge on any atom is 0.253 e. The van der Waals surface area contributed by atoms with Crippen LogP contribution in [0.5, 0.6) is 11.5 Å². The molecule has 0 bridgehead atoms. The highest BCUT2D eigenvalue weighted by Crippen LogP contribution is 2.31. The topological polar surface area (TPSA) is 73.6 Å². The van der Waals surface area contributed by atoms with Crippen LogP contribution in [0.4, 0.5) is 5.69 Å². The van der Waals surface area contributed by atoms with Gasteiger partial charge in [-0.15, -0.1) is 0 Å². The van der Waals surface area contributed by atoms with Gasteiger partial charge in [0.2, 0.25) is 0 Å². The van der Waals surface area contributed by atoms with E-state index in [1.807, 2.05) is 6.92 Å². The Kier molecular flexibility index (Phi) is 6.51. The van der Waals surface area contributed by atoms with Gasteiger partial charge in [-0.1, -0.05) is 6.92 Å². The van der Waals surface area contributed by atoms with Crippen molar-refractivity contribution in [1.82, 2.24) is 5.32 Å². The first kappa shape index (κ1) is 16.5. The van der Waals surface area contributed by atoms with E-state index >= 15 is 0 Å². The molecular formula is C14H22N2O3S. The summed E-state index contributed by atoms with van der Waals surface area (Å²) >= 11 is 1.78. The van der Waals surface area contributed by atoms with Gasteiger partial charge in [0.15, 0.2) is 0 Å². The molecule has 1 rings (SSSR count). The van der Waals surface area contributed by atoms with Gasteiger partial charge in [0.25, 0.3) is 5.91 Å². The average molecular weight is 298 g/mol. The van der Waals surface area contributed by atoms with E-state index in [0.29, 0.717) is 22.7 Å². The second-order valence-electron chi connectivity index (χ2n) is 4.32. The van der Waals surface area contributed by atoms with E-state index in [2.05, 4.69) is 12.2 Å². The molecule has 0 radical (unpaired) electrons. The zero-order valence-corrected chi connectivity index (χ0v) is 13.2. The summed E-state index contributed by atoms with van der Waals surface area (Å²) in [7, 11) is 3.04. The number of carbonyl (C=O) groups is 1. The molecule has 6 heteroatoms. The Morgan fingerprint density at radius 2 is 2.10 bits per heavy atom. The minimum atomic E-state index is -0.219. The van der Waals surface area contributed by atoms with Gasteiger partial charge in [0.05, 0.1) is 25.5 Å².